The van der Waals surface area contributed by atoms with Gasteiger partial charge in [0.25, 0.3) is 0 Å². The second kappa shape index (κ2) is 5.87. The molecule has 2 saturated heterocycles. The molecular weight excluding hydrogens is 312 g/mol. The lowest BCUT2D eigenvalue weighted by atomic mass is 9.78. The molecule has 2 aromatic rings. The van der Waals surface area contributed by atoms with Crippen LogP contribution in [0.5, 0.6) is 0 Å². The van der Waals surface area contributed by atoms with Crippen LogP contribution in [0.25, 0.3) is 11.0 Å². The molecule has 0 radical (unpaired) electrons. The molecule has 1 saturated carbocycles. The van der Waals surface area contributed by atoms with Crippen LogP contribution in [-0.4, -0.2) is 41.9 Å². The Morgan fingerprint density at radius 2 is 2.04 bits per heavy atom. The van der Waals surface area contributed by atoms with Gasteiger partial charge in [0.2, 0.25) is 5.91 Å². The molecule has 4 nitrogen and oxygen atoms in total. The number of fused-ring (bicyclic) bond motifs is 1. The van der Waals surface area contributed by atoms with Gasteiger partial charge in [-0.1, -0.05) is 18.2 Å². The van der Waals surface area contributed by atoms with Gasteiger partial charge in [-0.2, -0.15) is 0 Å². The summed E-state index contributed by atoms with van der Waals surface area (Å²) in [4.78, 5) is 17.7. The summed E-state index contributed by atoms with van der Waals surface area (Å²) in [5.74, 6) is 2.22. The van der Waals surface area contributed by atoms with Crippen molar-refractivity contribution in [2.24, 2.45) is 11.3 Å². The molecule has 1 aromatic carbocycles. The number of piperidine rings is 1. The van der Waals surface area contributed by atoms with E-state index in [4.69, 9.17) is 4.42 Å². The zero-order chi connectivity index (χ0) is 16.9. The van der Waals surface area contributed by atoms with E-state index < -0.39 is 0 Å². The predicted octanol–water partition coefficient (Wildman–Crippen LogP) is 3.66. The lowest BCUT2D eigenvalue weighted by Crippen LogP contribution is -2.50. The fourth-order valence-electron chi connectivity index (χ4n) is 4.75. The van der Waals surface area contributed by atoms with Crippen LogP contribution in [-0.2, 0) is 11.3 Å². The Balaban J connectivity index is 1.28. The van der Waals surface area contributed by atoms with E-state index in [9.17, 15) is 4.79 Å². The van der Waals surface area contributed by atoms with Crippen molar-refractivity contribution < 1.29 is 9.21 Å². The van der Waals surface area contributed by atoms with E-state index in [2.05, 4.69) is 21.9 Å². The molecule has 3 fully saturated rings. The summed E-state index contributed by atoms with van der Waals surface area (Å²) in [6, 6.07) is 10.3. The van der Waals surface area contributed by atoms with E-state index in [0.29, 0.717) is 5.91 Å². The van der Waals surface area contributed by atoms with Crippen LogP contribution in [0.2, 0.25) is 0 Å². The number of furan rings is 1. The smallest absolute Gasteiger partial charge is 0.230 e. The van der Waals surface area contributed by atoms with Crippen LogP contribution in [0.15, 0.2) is 34.7 Å². The topological polar surface area (TPSA) is 36.7 Å². The van der Waals surface area contributed by atoms with Crippen molar-refractivity contribution in [3.05, 3.63) is 36.1 Å². The van der Waals surface area contributed by atoms with Crippen molar-refractivity contribution in [3.8, 4) is 0 Å². The molecule has 3 aliphatic rings. The largest absolute Gasteiger partial charge is 0.460 e. The van der Waals surface area contributed by atoms with Gasteiger partial charge in [-0.15, -0.1) is 0 Å². The van der Waals surface area contributed by atoms with Crippen LogP contribution in [0.4, 0.5) is 0 Å². The predicted molar refractivity (Wildman–Crippen MR) is 97.1 cm³/mol. The molecule has 132 valence electrons. The lowest BCUT2D eigenvalue weighted by molar-refractivity contribution is -0.145. The molecule has 0 bridgehead atoms. The number of rotatable bonds is 4. The zero-order valence-electron chi connectivity index (χ0n) is 14.7. The summed E-state index contributed by atoms with van der Waals surface area (Å²) in [6.07, 6.45) is 5.86. The zero-order valence-corrected chi connectivity index (χ0v) is 14.7. The fourth-order valence-corrected chi connectivity index (χ4v) is 4.75. The highest BCUT2D eigenvalue weighted by Crippen LogP contribution is 2.42. The second-order valence-corrected chi connectivity index (χ2v) is 8.29. The molecule has 4 heteroatoms. The van der Waals surface area contributed by atoms with Gasteiger partial charge in [-0.25, -0.2) is 0 Å². The van der Waals surface area contributed by atoms with E-state index in [1.807, 2.05) is 18.2 Å². The molecule has 2 aliphatic heterocycles. The van der Waals surface area contributed by atoms with Crippen LogP contribution in [0.3, 0.4) is 0 Å². The van der Waals surface area contributed by atoms with Gasteiger partial charge in [0.15, 0.2) is 0 Å². The minimum absolute atomic E-state index is 0.126. The number of hydrogen-bond donors (Lipinski definition) is 0. The Hall–Kier alpha value is -1.81. The molecule has 1 amide bonds. The maximum Gasteiger partial charge on any atom is 0.230 e. The summed E-state index contributed by atoms with van der Waals surface area (Å²) in [5, 5.41) is 1.16. The summed E-state index contributed by atoms with van der Waals surface area (Å²) in [5.41, 5.74) is 0.829. The molecule has 5 rings (SSSR count). The summed E-state index contributed by atoms with van der Waals surface area (Å²) in [7, 11) is 0. The Morgan fingerprint density at radius 3 is 2.88 bits per heavy atom. The first-order valence-electron chi connectivity index (χ1n) is 9.71. The van der Waals surface area contributed by atoms with Gasteiger partial charge in [0.05, 0.1) is 12.0 Å². The van der Waals surface area contributed by atoms with Crippen molar-refractivity contribution in [1.82, 2.24) is 9.80 Å². The Morgan fingerprint density at radius 1 is 1.16 bits per heavy atom. The summed E-state index contributed by atoms with van der Waals surface area (Å²) in [6.45, 7) is 4.68. The third kappa shape index (κ3) is 2.86. The number of carbonyl (C=O) groups excluding carboxylic acids is 1. The number of carbonyl (C=O) groups is 1. The number of likely N-dealkylation sites (tertiary alicyclic amines) is 2. The first kappa shape index (κ1) is 15.4. The van der Waals surface area contributed by atoms with E-state index in [1.165, 1.54) is 12.8 Å². The van der Waals surface area contributed by atoms with Crippen LogP contribution in [0.1, 0.15) is 37.9 Å². The lowest BCUT2D eigenvalue weighted by Gasteiger charge is -2.39. The van der Waals surface area contributed by atoms with E-state index in [-0.39, 0.29) is 5.41 Å². The second-order valence-electron chi connectivity index (χ2n) is 8.29. The first-order valence-corrected chi connectivity index (χ1v) is 9.71. The average Bonchev–Trinajstić information content (AvgIpc) is 3.19. The molecule has 1 atom stereocenters. The minimum atomic E-state index is -0.126. The highest BCUT2D eigenvalue weighted by molar-refractivity contribution is 5.84. The van der Waals surface area contributed by atoms with Gasteiger partial charge in [0.1, 0.15) is 11.3 Å². The Bertz CT molecular complexity index is 761. The van der Waals surface area contributed by atoms with Crippen molar-refractivity contribution in [2.75, 3.05) is 26.2 Å². The van der Waals surface area contributed by atoms with E-state index in [0.717, 1.165) is 74.6 Å². The van der Waals surface area contributed by atoms with Crippen LogP contribution in [0, 0.1) is 11.3 Å². The SMILES string of the molecule is O=C1N(CC2CC2)CCC[C@@]12CCN(Cc1cc3ccccc3o1)C2. The maximum atomic E-state index is 13.1. The normalized spacial score (nSPS) is 27.7. The van der Waals surface area contributed by atoms with Gasteiger partial charge < -0.3 is 9.32 Å². The Labute approximate surface area is 148 Å². The number of hydrogen-bond acceptors (Lipinski definition) is 3. The highest BCUT2D eigenvalue weighted by Gasteiger charge is 2.48. The number of para-hydroxylation sites is 1. The van der Waals surface area contributed by atoms with Gasteiger partial charge in [0, 0.05) is 25.0 Å². The van der Waals surface area contributed by atoms with Crippen molar-refractivity contribution in [1.29, 1.82) is 0 Å². The molecule has 0 N–H and O–H groups in total. The molecule has 25 heavy (non-hydrogen) atoms. The highest BCUT2D eigenvalue weighted by atomic mass is 16.3. The number of nitrogens with zero attached hydrogens (tertiary/aromatic N) is 2. The molecule has 3 heterocycles. The maximum absolute atomic E-state index is 13.1. The number of benzene rings is 1. The first-order chi connectivity index (χ1) is 12.2. The molecule has 1 aromatic heterocycles. The van der Waals surface area contributed by atoms with Crippen molar-refractivity contribution in [3.63, 3.8) is 0 Å². The van der Waals surface area contributed by atoms with Crippen molar-refractivity contribution in [2.45, 2.75) is 38.6 Å². The molecule has 1 aliphatic carbocycles. The van der Waals surface area contributed by atoms with Crippen LogP contribution >= 0.6 is 0 Å². The van der Waals surface area contributed by atoms with Gasteiger partial charge in [-0.05, 0) is 56.7 Å². The quantitative estimate of drug-likeness (QED) is 0.854. The van der Waals surface area contributed by atoms with Crippen molar-refractivity contribution >= 4 is 16.9 Å². The number of amides is 1. The molecule has 1 spiro atoms. The third-order valence-corrected chi connectivity index (χ3v) is 6.29. The van der Waals surface area contributed by atoms with Crippen LogP contribution < -0.4 is 0 Å². The summed E-state index contributed by atoms with van der Waals surface area (Å²) >= 11 is 0. The van der Waals surface area contributed by atoms with E-state index >= 15 is 0 Å². The monoisotopic (exact) mass is 338 g/mol. The van der Waals surface area contributed by atoms with E-state index in [1.54, 1.807) is 0 Å². The molecular formula is C21H26N2O2. The standard InChI is InChI=1S/C21H26N2O2/c24-20-21(8-3-10-23(20)13-16-6-7-16)9-11-22(15-21)14-18-12-17-4-1-2-5-19(17)25-18/h1-2,4-5,12,16H,3,6-11,13-15H2/t21-/m0/s1. The van der Waals surface area contributed by atoms with Gasteiger partial charge >= 0.3 is 0 Å². The fraction of sp³-hybridized carbons (Fsp3) is 0.571. The average molecular weight is 338 g/mol. The minimum Gasteiger partial charge on any atom is -0.460 e. The molecule has 0 unspecified atom stereocenters. The van der Waals surface area contributed by atoms with Gasteiger partial charge in [-0.3, -0.25) is 9.69 Å². The summed E-state index contributed by atoms with van der Waals surface area (Å²) < 4.78 is 5.98. The Kier molecular flexibility index (Phi) is 3.63. The third-order valence-electron chi connectivity index (χ3n) is 6.29.